The quantitative estimate of drug-likeness (QED) is 0.619. The third kappa shape index (κ3) is 1.14. The fourth-order valence-electron chi connectivity index (χ4n) is 0.964. The number of nitrogens with zero attached hydrogens (tertiary/aromatic N) is 2. The van der Waals surface area contributed by atoms with Crippen LogP contribution in [-0.4, -0.2) is 28.9 Å². The van der Waals surface area contributed by atoms with Gasteiger partial charge in [-0.25, -0.2) is 4.98 Å². The summed E-state index contributed by atoms with van der Waals surface area (Å²) in [5.41, 5.74) is 3.19. The number of rotatable bonds is 1. The van der Waals surface area contributed by atoms with Crippen LogP contribution in [0.5, 0.6) is 0 Å². The first-order chi connectivity index (χ1) is 5.38. The van der Waals surface area contributed by atoms with Crippen LogP contribution in [-0.2, 0) is 0 Å². The summed E-state index contributed by atoms with van der Waals surface area (Å²) in [5, 5.41) is 1.74. The van der Waals surface area contributed by atoms with Crippen molar-refractivity contribution in [2.24, 2.45) is 0 Å². The van der Waals surface area contributed by atoms with Crippen molar-refractivity contribution in [1.82, 2.24) is 9.88 Å². The molecule has 1 aliphatic heterocycles. The Morgan fingerprint density at radius 1 is 1.73 bits per heavy atom. The molecule has 0 unspecified atom stereocenters. The molecule has 1 saturated heterocycles. The lowest BCUT2D eigenvalue weighted by atomic mass is 10.2. The lowest BCUT2D eigenvalue weighted by Crippen LogP contribution is -2.42. The number of carbonyl (C=O) groups excluding carboxylic acids is 1. The molecule has 11 heavy (non-hydrogen) atoms. The summed E-state index contributed by atoms with van der Waals surface area (Å²) in [6.45, 7) is 1.77. The van der Waals surface area contributed by atoms with E-state index in [1.54, 1.807) is 10.3 Å². The van der Waals surface area contributed by atoms with Gasteiger partial charge in [-0.1, -0.05) is 0 Å². The van der Waals surface area contributed by atoms with E-state index in [1.807, 2.05) is 0 Å². The largest absolute Gasteiger partial charge is 0.337 e. The van der Waals surface area contributed by atoms with Gasteiger partial charge in [-0.2, -0.15) is 0 Å². The molecule has 2 heterocycles. The number of aromatic nitrogens is 1. The minimum atomic E-state index is 0.0498. The van der Waals surface area contributed by atoms with Crippen molar-refractivity contribution in [2.75, 3.05) is 13.1 Å². The van der Waals surface area contributed by atoms with Gasteiger partial charge in [-0.05, 0) is 6.42 Å². The van der Waals surface area contributed by atoms with Crippen molar-refractivity contribution in [3.05, 3.63) is 16.6 Å². The molecule has 1 aromatic heterocycles. The zero-order valence-corrected chi connectivity index (χ0v) is 6.73. The summed E-state index contributed by atoms with van der Waals surface area (Å²) in [6, 6.07) is 0. The van der Waals surface area contributed by atoms with Crippen LogP contribution in [0.1, 0.15) is 16.9 Å². The second-order valence-electron chi connectivity index (χ2n) is 2.47. The van der Waals surface area contributed by atoms with Crippen LogP contribution in [0.15, 0.2) is 5.38 Å². The van der Waals surface area contributed by atoms with E-state index in [2.05, 4.69) is 10.5 Å². The Kier molecular flexibility index (Phi) is 1.62. The topological polar surface area (TPSA) is 33.2 Å². The van der Waals surface area contributed by atoms with Crippen LogP contribution < -0.4 is 0 Å². The highest BCUT2D eigenvalue weighted by molar-refractivity contribution is 7.07. The van der Waals surface area contributed by atoms with Gasteiger partial charge in [0.15, 0.2) is 5.51 Å². The molecule has 2 rings (SSSR count). The van der Waals surface area contributed by atoms with Gasteiger partial charge in [0.05, 0.1) is 0 Å². The van der Waals surface area contributed by atoms with Gasteiger partial charge in [0.25, 0.3) is 5.91 Å². The van der Waals surface area contributed by atoms with E-state index in [9.17, 15) is 4.79 Å². The Labute approximate surface area is 68.7 Å². The van der Waals surface area contributed by atoms with E-state index in [0.29, 0.717) is 5.69 Å². The van der Waals surface area contributed by atoms with Gasteiger partial charge in [0.1, 0.15) is 5.69 Å². The summed E-state index contributed by atoms with van der Waals surface area (Å²) in [4.78, 5) is 17.0. The van der Waals surface area contributed by atoms with E-state index < -0.39 is 0 Å². The summed E-state index contributed by atoms with van der Waals surface area (Å²) >= 11 is 1.34. The maximum Gasteiger partial charge on any atom is 0.273 e. The van der Waals surface area contributed by atoms with E-state index in [-0.39, 0.29) is 5.91 Å². The van der Waals surface area contributed by atoms with Gasteiger partial charge in [-0.3, -0.25) is 4.79 Å². The first-order valence-corrected chi connectivity index (χ1v) is 4.37. The van der Waals surface area contributed by atoms with Crippen molar-refractivity contribution >= 4 is 17.2 Å². The Hall–Kier alpha value is -0.900. The Morgan fingerprint density at radius 3 is 3.00 bits per heavy atom. The van der Waals surface area contributed by atoms with Crippen molar-refractivity contribution in [3.8, 4) is 0 Å². The van der Waals surface area contributed by atoms with E-state index in [1.165, 1.54) is 11.3 Å². The van der Waals surface area contributed by atoms with E-state index in [4.69, 9.17) is 0 Å². The van der Waals surface area contributed by atoms with Crippen LogP contribution in [0.4, 0.5) is 0 Å². The SMILES string of the molecule is O=C(c1cs[c]n1)N1CCC1. The number of hydrogen-bond donors (Lipinski definition) is 0. The third-order valence-corrected chi connectivity index (χ3v) is 2.29. The maximum absolute atomic E-state index is 11.3. The molecule has 0 N–H and O–H groups in total. The molecule has 0 aromatic carbocycles. The first kappa shape index (κ1) is 6.79. The molecule has 1 fully saturated rings. The molecule has 1 amide bonds. The molecule has 0 atom stereocenters. The molecule has 0 aliphatic carbocycles. The molecule has 0 spiro atoms. The van der Waals surface area contributed by atoms with Gasteiger partial charge in [0, 0.05) is 18.5 Å². The van der Waals surface area contributed by atoms with E-state index >= 15 is 0 Å². The molecule has 0 bridgehead atoms. The zero-order valence-electron chi connectivity index (χ0n) is 5.91. The summed E-state index contributed by atoms with van der Waals surface area (Å²) in [5.74, 6) is 0.0498. The first-order valence-electron chi connectivity index (χ1n) is 3.49. The molecule has 0 saturated carbocycles. The fourth-order valence-corrected chi connectivity index (χ4v) is 1.43. The average molecular weight is 167 g/mol. The summed E-state index contributed by atoms with van der Waals surface area (Å²) in [7, 11) is 0. The average Bonchev–Trinajstić information content (AvgIpc) is 2.32. The van der Waals surface area contributed by atoms with Crippen molar-refractivity contribution < 1.29 is 4.79 Å². The zero-order chi connectivity index (χ0) is 7.68. The van der Waals surface area contributed by atoms with Gasteiger partial charge in [0.2, 0.25) is 0 Å². The summed E-state index contributed by atoms with van der Waals surface area (Å²) < 4.78 is 0. The third-order valence-electron chi connectivity index (χ3n) is 1.75. The molecule has 4 heteroatoms. The minimum Gasteiger partial charge on any atom is -0.337 e. The molecule has 1 aromatic rings. The second-order valence-corrected chi connectivity index (χ2v) is 3.12. The molecule has 3 nitrogen and oxygen atoms in total. The van der Waals surface area contributed by atoms with Gasteiger partial charge in [-0.15, -0.1) is 11.3 Å². The highest BCUT2D eigenvalue weighted by Crippen LogP contribution is 2.11. The van der Waals surface area contributed by atoms with Crippen LogP contribution in [0.3, 0.4) is 0 Å². The van der Waals surface area contributed by atoms with Crippen LogP contribution in [0, 0.1) is 5.51 Å². The van der Waals surface area contributed by atoms with Crippen molar-refractivity contribution in [2.45, 2.75) is 6.42 Å². The lowest BCUT2D eigenvalue weighted by molar-refractivity contribution is 0.0646. The normalized spacial score (nSPS) is 16.2. The summed E-state index contributed by atoms with van der Waals surface area (Å²) in [6.07, 6.45) is 1.12. The number of amides is 1. The molecular weight excluding hydrogens is 160 g/mol. The highest BCUT2D eigenvalue weighted by atomic mass is 32.1. The molecular formula is C7H7N2OS. The Morgan fingerprint density at radius 2 is 2.55 bits per heavy atom. The van der Waals surface area contributed by atoms with Crippen LogP contribution in [0.2, 0.25) is 0 Å². The molecule has 1 aliphatic rings. The van der Waals surface area contributed by atoms with E-state index in [0.717, 1.165) is 19.5 Å². The molecule has 1 radical (unpaired) electrons. The Bertz CT molecular complexity index is 253. The van der Waals surface area contributed by atoms with Gasteiger partial charge >= 0.3 is 0 Å². The number of carbonyl (C=O) groups is 1. The predicted octanol–water partition coefficient (Wildman–Crippen LogP) is 0.789. The number of hydrogen-bond acceptors (Lipinski definition) is 3. The predicted molar refractivity (Wildman–Crippen MR) is 41.5 cm³/mol. The Balaban J connectivity index is 2.10. The second kappa shape index (κ2) is 2.62. The minimum absolute atomic E-state index is 0.0498. The van der Waals surface area contributed by atoms with Crippen LogP contribution >= 0.6 is 11.3 Å². The van der Waals surface area contributed by atoms with Crippen molar-refractivity contribution in [3.63, 3.8) is 0 Å². The lowest BCUT2D eigenvalue weighted by Gasteiger charge is -2.29. The molecule has 57 valence electrons. The standard InChI is InChI=1S/C7H7N2OS/c10-7(9-2-1-3-9)6-4-11-5-8-6/h4H,1-3H2. The fraction of sp³-hybridized carbons (Fsp3) is 0.429. The maximum atomic E-state index is 11.3. The smallest absolute Gasteiger partial charge is 0.273 e. The van der Waals surface area contributed by atoms with Crippen LogP contribution in [0.25, 0.3) is 0 Å². The number of thiazole rings is 1. The monoisotopic (exact) mass is 167 g/mol. The van der Waals surface area contributed by atoms with Crippen molar-refractivity contribution in [1.29, 1.82) is 0 Å². The highest BCUT2D eigenvalue weighted by Gasteiger charge is 2.22. The number of likely N-dealkylation sites (tertiary alicyclic amines) is 1. The van der Waals surface area contributed by atoms with Gasteiger partial charge < -0.3 is 4.90 Å².